The van der Waals surface area contributed by atoms with Crippen molar-refractivity contribution in [1.29, 1.82) is 0 Å². The Morgan fingerprint density at radius 1 is 1.35 bits per heavy atom. The number of hydrogen-bond acceptors (Lipinski definition) is 3. The number of benzene rings is 1. The maximum absolute atomic E-state index is 11.9. The van der Waals surface area contributed by atoms with Crippen LogP contribution in [0.3, 0.4) is 0 Å². The van der Waals surface area contributed by atoms with Gasteiger partial charge in [0.2, 0.25) is 0 Å². The fourth-order valence-electron chi connectivity index (χ4n) is 1.75. The van der Waals surface area contributed by atoms with E-state index in [2.05, 4.69) is 21.2 Å². The van der Waals surface area contributed by atoms with E-state index in [1.54, 1.807) is 25.1 Å². The summed E-state index contributed by atoms with van der Waals surface area (Å²) >= 11 is 3.16. The molecule has 2 rings (SSSR count). The smallest absolute Gasteiger partial charge is 0.335 e. The van der Waals surface area contributed by atoms with Gasteiger partial charge in [0.1, 0.15) is 0 Å². The number of carboxylic acids is 1. The first-order chi connectivity index (χ1) is 9.47. The summed E-state index contributed by atoms with van der Waals surface area (Å²) in [5.41, 5.74) is 1.63. The van der Waals surface area contributed by atoms with E-state index in [4.69, 9.17) is 9.52 Å². The number of furan rings is 1. The van der Waals surface area contributed by atoms with Gasteiger partial charge in [-0.3, -0.25) is 4.79 Å². The summed E-state index contributed by atoms with van der Waals surface area (Å²) in [5, 5.41) is 11.6. The lowest BCUT2D eigenvalue weighted by Crippen LogP contribution is -2.23. The molecule has 5 nitrogen and oxygen atoms in total. The number of hydrogen-bond donors (Lipinski definition) is 2. The molecule has 0 saturated heterocycles. The number of carbonyl (C=O) groups excluding carboxylic acids is 1. The molecule has 2 N–H and O–H groups in total. The van der Waals surface area contributed by atoms with Gasteiger partial charge < -0.3 is 14.8 Å². The van der Waals surface area contributed by atoms with Crippen LogP contribution in [0.2, 0.25) is 0 Å². The van der Waals surface area contributed by atoms with E-state index in [1.807, 2.05) is 0 Å². The molecule has 2 aromatic rings. The molecule has 0 fully saturated rings. The largest absolute Gasteiger partial charge is 0.478 e. The molecule has 0 unspecified atom stereocenters. The van der Waals surface area contributed by atoms with Crippen molar-refractivity contribution in [2.45, 2.75) is 13.5 Å². The molecule has 104 valence electrons. The van der Waals surface area contributed by atoms with E-state index in [0.29, 0.717) is 10.2 Å². The van der Waals surface area contributed by atoms with Crippen LogP contribution in [-0.4, -0.2) is 17.0 Å². The second kappa shape index (κ2) is 5.92. The van der Waals surface area contributed by atoms with Crippen molar-refractivity contribution in [2.24, 2.45) is 0 Å². The number of rotatable bonds is 4. The van der Waals surface area contributed by atoms with E-state index in [0.717, 1.165) is 5.56 Å². The van der Waals surface area contributed by atoms with Crippen LogP contribution in [0.4, 0.5) is 0 Å². The maximum Gasteiger partial charge on any atom is 0.335 e. The van der Waals surface area contributed by atoms with Crippen molar-refractivity contribution in [2.75, 3.05) is 0 Å². The number of carbonyl (C=O) groups is 2. The maximum atomic E-state index is 11.9. The highest BCUT2D eigenvalue weighted by molar-refractivity contribution is 9.10. The fraction of sp³-hybridized carbons (Fsp3) is 0.143. The molecule has 0 bridgehead atoms. The Morgan fingerprint density at radius 2 is 2.10 bits per heavy atom. The van der Waals surface area contributed by atoms with Crippen LogP contribution in [0.5, 0.6) is 0 Å². The molecule has 1 aromatic heterocycles. The zero-order chi connectivity index (χ0) is 14.7. The SMILES string of the molecule is Cc1cc(Br)oc1C(=O)NCc1cccc(C(=O)O)c1. The van der Waals surface area contributed by atoms with Crippen LogP contribution in [0.1, 0.15) is 32.0 Å². The Hall–Kier alpha value is -2.08. The quantitative estimate of drug-likeness (QED) is 0.898. The van der Waals surface area contributed by atoms with Crippen LogP contribution < -0.4 is 5.32 Å². The van der Waals surface area contributed by atoms with Crippen molar-refractivity contribution in [3.05, 3.63) is 57.5 Å². The highest BCUT2D eigenvalue weighted by atomic mass is 79.9. The first kappa shape index (κ1) is 14.3. The second-order valence-electron chi connectivity index (χ2n) is 4.25. The first-order valence-electron chi connectivity index (χ1n) is 5.83. The molecule has 0 atom stereocenters. The van der Waals surface area contributed by atoms with E-state index < -0.39 is 5.97 Å². The van der Waals surface area contributed by atoms with Crippen molar-refractivity contribution in [1.82, 2.24) is 5.32 Å². The third-order valence-electron chi connectivity index (χ3n) is 2.72. The van der Waals surface area contributed by atoms with Gasteiger partial charge in [0, 0.05) is 12.1 Å². The van der Waals surface area contributed by atoms with Crippen molar-refractivity contribution in [3.63, 3.8) is 0 Å². The van der Waals surface area contributed by atoms with Crippen molar-refractivity contribution in [3.8, 4) is 0 Å². The molecular weight excluding hydrogens is 326 g/mol. The number of amides is 1. The van der Waals surface area contributed by atoms with Crippen LogP contribution in [0.25, 0.3) is 0 Å². The molecule has 1 heterocycles. The van der Waals surface area contributed by atoms with Gasteiger partial charge in [-0.15, -0.1) is 0 Å². The monoisotopic (exact) mass is 337 g/mol. The lowest BCUT2D eigenvalue weighted by molar-refractivity contribution is 0.0696. The van der Waals surface area contributed by atoms with Gasteiger partial charge in [-0.2, -0.15) is 0 Å². The van der Waals surface area contributed by atoms with Gasteiger partial charge in [-0.1, -0.05) is 12.1 Å². The predicted molar refractivity (Wildman–Crippen MR) is 75.7 cm³/mol. The molecule has 0 saturated carbocycles. The van der Waals surface area contributed by atoms with E-state index in [1.165, 1.54) is 12.1 Å². The summed E-state index contributed by atoms with van der Waals surface area (Å²) in [7, 11) is 0. The highest BCUT2D eigenvalue weighted by Crippen LogP contribution is 2.19. The number of aryl methyl sites for hydroxylation is 1. The summed E-state index contributed by atoms with van der Waals surface area (Å²) in [4.78, 5) is 22.8. The molecule has 0 aliphatic carbocycles. The number of nitrogens with one attached hydrogen (secondary N) is 1. The number of halogens is 1. The molecule has 20 heavy (non-hydrogen) atoms. The minimum atomic E-state index is -0.996. The predicted octanol–water partition coefficient (Wildman–Crippen LogP) is 2.98. The average molecular weight is 338 g/mol. The van der Waals surface area contributed by atoms with E-state index in [-0.39, 0.29) is 23.8 Å². The summed E-state index contributed by atoms with van der Waals surface area (Å²) in [6.45, 7) is 2.01. The Kier molecular flexibility index (Phi) is 4.24. The Bertz CT molecular complexity index is 663. The van der Waals surface area contributed by atoms with Gasteiger partial charge in [0.15, 0.2) is 10.4 Å². The molecule has 0 spiro atoms. The average Bonchev–Trinajstić information content (AvgIpc) is 2.75. The van der Waals surface area contributed by atoms with Gasteiger partial charge in [-0.25, -0.2) is 4.79 Å². The van der Waals surface area contributed by atoms with Gasteiger partial charge in [0.25, 0.3) is 5.91 Å². The highest BCUT2D eigenvalue weighted by Gasteiger charge is 2.14. The van der Waals surface area contributed by atoms with Gasteiger partial charge >= 0.3 is 5.97 Å². The molecule has 0 aliphatic rings. The Morgan fingerprint density at radius 3 is 2.70 bits per heavy atom. The summed E-state index contributed by atoms with van der Waals surface area (Å²) in [5.74, 6) is -1.09. The molecule has 6 heteroatoms. The van der Waals surface area contributed by atoms with Crippen LogP contribution in [0, 0.1) is 6.92 Å². The zero-order valence-corrected chi connectivity index (χ0v) is 12.2. The number of carboxylic acid groups (broad SMARTS) is 1. The standard InChI is InChI=1S/C14H12BrNO4/c1-8-5-11(15)20-12(8)13(17)16-7-9-3-2-4-10(6-9)14(18)19/h2-6H,7H2,1H3,(H,16,17)(H,18,19). The lowest BCUT2D eigenvalue weighted by Gasteiger charge is -2.05. The van der Waals surface area contributed by atoms with E-state index in [9.17, 15) is 9.59 Å². The van der Waals surface area contributed by atoms with Crippen molar-refractivity contribution >= 4 is 27.8 Å². The third kappa shape index (κ3) is 3.27. The third-order valence-corrected chi connectivity index (χ3v) is 3.11. The van der Waals surface area contributed by atoms with Crippen LogP contribution in [-0.2, 0) is 6.54 Å². The Labute approximate surface area is 123 Å². The first-order valence-corrected chi connectivity index (χ1v) is 6.63. The van der Waals surface area contributed by atoms with Crippen LogP contribution in [0.15, 0.2) is 39.4 Å². The van der Waals surface area contributed by atoms with E-state index >= 15 is 0 Å². The molecule has 0 radical (unpaired) electrons. The normalized spacial score (nSPS) is 10.3. The molecule has 0 aliphatic heterocycles. The minimum Gasteiger partial charge on any atom is -0.478 e. The lowest BCUT2D eigenvalue weighted by atomic mass is 10.1. The van der Waals surface area contributed by atoms with Gasteiger partial charge in [0.05, 0.1) is 5.56 Å². The summed E-state index contributed by atoms with van der Waals surface area (Å²) < 4.78 is 5.73. The van der Waals surface area contributed by atoms with Crippen LogP contribution >= 0.6 is 15.9 Å². The summed E-state index contributed by atoms with van der Waals surface area (Å²) in [6.07, 6.45) is 0. The topological polar surface area (TPSA) is 79.5 Å². The minimum absolute atomic E-state index is 0.189. The Balaban J connectivity index is 2.05. The molecule has 1 aromatic carbocycles. The molecule has 1 amide bonds. The number of aromatic carboxylic acids is 1. The van der Waals surface area contributed by atoms with Gasteiger partial charge in [-0.05, 0) is 46.6 Å². The zero-order valence-electron chi connectivity index (χ0n) is 10.6. The van der Waals surface area contributed by atoms with Crippen molar-refractivity contribution < 1.29 is 19.1 Å². The fourth-order valence-corrected chi connectivity index (χ4v) is 2.25. The molecular formula is C14H12BrNO4. The second-order valence-corrected chi connectivity index (χ2v) is 5.03. The summed E-state index contributed by atoms with van der Waals surface area (Å²) in [6, 6.07) is 8.12.